The summed E-state index contributed by atoms with van der Waals surface area (Å²) < 4.78 is 37.6. The second-order valence-corrected chi connectivity index (χ2v) is 6.98. The number of rotatable bonds is 8. The molecular weight excluding hydrogens is 348 g/mol. The zero-order valence-corrected chi connectivity index (χ0v) is 14.5. The van der Waals surface area contributed by atoms with Crippen molar-refractivity contribution in [1.29, 1.82) is 0 Å². The Balaban J connectivity index is 1.99. The second-order valence-electron chi connectivity index (χ2n) is 5.26. The zero-order valence-electron chi connectivity index (χ0n) is 13.7. The Bertz CT molecular complexity index is 836. The molecule has 25 heavy (non-hydrogen) atoms. The summed E-state index contributed by atoms with van der Waals surface area (Å²) in [7, 11) is -2.33. The van der Waals surface area contributed by atoms with Gasteiger partial charge in [0.15, 0.2) is 0 Å². The Morgan fingerprint density at radius 2 is 1.80 bits per heavy atom. The van der Waals surface area contributed by atoms with E-state index in [9.17, 15) is 18.5 Å². The molecule has 2 aromatic rings. The first-order valence-electron chi connectivity index (χ1n) is 7.35. The molecule has 0 saturated carbocycles. The highest BCUT2D eigenvalue weighted by Crippen LogP contribution is 2.19. The number of ether oxygens (including phenoxy) is 2. The van der Waals surface area contributed by atoms with E-state index in [1.807, 2.05) is 0 Å². The summed E-state index contributed by atoms with van der Waals surface area (Å²) in [6.07, 6.45) is 0. The SMILES string of the molecule is COc1ccc(OC[C@H](C)NS(=O)(=O)c2cccc([N+](=O)[O-])c2)cc1. The normalized spacial score (nSPS) is 12.4. The zero-order chi connectivity index (χ0) is 18.4. The number of methoxy groups -OCH3 is 1. The lowest BCUT2D eigenvalue weighted by Crippen LogP contribution is -2.36. The van der Waals surface area contributed by atoms with Crippen molar-refractivity contribution >= 4 is 15.7 Å². The highest BCUT2D eigenvalue weighted by Gasteiger charge is 2.20. The van der Waals surface area contributed by atoms with Gasteiger partial charge in [-0.3, -0.25) is 10.1 Å². The number of hydrogen-bond acceptors (Lipinski definition) is 6. The van der Waals surface area contributed by atoms with Crippen LogP contribution in [0.15, 0.2) is 53.4 Å². The smallest absolute Gasteiger partial charge is 0.270 e. The molecule has 0 heterocycles. The molecule has 0 fully saturated rings. The first-order chi connectivity index (χ1) is 11.8. The summed E-state index contributed by atoms with van der Waals surface area (Å²) in [5.41, 5.74) is -0.287. The number of nitrogens with one attached hydrogen (secondary N) is 1. The van der Waals surface area contributed by atoms with Gasteiger partial charge in [-0.05, 0) is 37.3 Å². The topological polar surface area (TPSA) is 108 Å². The van der Waals surface area contributed by atoms with Crippen LogP contribution < -0.4 is 14.2 Å². The van der Waals surface area contributed by atoms with Gasteiger partial charge in [-0.1, -0.05) is 6.07 Å². The molecule has 2 aromatic carbocycles. The van der Waals surface area contributed by atoms with E-state index in [-0.39, 0.29) is 17.2 Å². The molecule has 0 bridgehead atoms. The molecule has 0 aliphatic heterocycles. The Kier molecular flexibility index (Phi) is 5.94. The minimum atomic E-state index is -3.89. The van der Waals surface area contributed by atoms with E-state index in [0.29, 0.717) is 11.5 Å². The van der Waals surface area contributed by atoms with Gasteiger partial charge in [-0.2, -0.15) is 0 Å². The van der Waals surface area contributed by atoms with Gasteiger partial charge < -0.3 is 9.47 Å². The molecule has 0 spiro atoms. The van der Waals surface area contributed by atoms with Crippen molar-refractivity contribution in [3.8, 4) is 11.5 Å². The molecule has 0 radical (unpaired) electrons. The van der Waals surface area contributed by atoms with Crippen molar-refractivity contribution in [2.45, 2.75) is 17.9 Å². The van der Waals surface area contributed by atoms with E-state index in [4.69, 9.17) is 9.47 Å². The first kappa shape index (κ1) is 18.7. The van der Waals surface area contributed by atoms with Crippen molar-refractivity contribution in [2.75, 3.05) is 13.7 Å². The molecule has 8 nitrogen and oxygen atoms in total. The molecule has 0 aliphatic carbocycles. The molecule has 0 saturated heterocycles. The van der Waals surface area contributed by atoms with E-state index in [0.717, 1.165) is 6.07 Å². The minimum Gasteiger partial charge on any atom is -0.497 e. The quantitative estimate of drug-likeness (QED) is 0.567. The Labute approximate surface area is 145 Å². The summed E-state index contributed by atoms with van der Waals surface area (Å²) in [4.78, 5) is 9.96. The van der Waals surface area contributed by atoms with Crippen LogP contribution in [0.1, 0.15) is 6.92 Å². The van der Waals surface area contributed by atoms with E-state index in [2.05, 4.69) is 4.72 Å². The van der Waals surface area contributed by atoms with Crippen molar-refractivity contribution < 1.29 is 22.8 Å². The monoisotopic (exact) mass is 366 g/mol. The van der Waals surface area contributed by atoms with Crippen molar-refractivity contribution in [3.05, 3.63) is 58.6 Å². The van der Waals surface area contributed by atoms with Gasteiger partial charge in [0.1, 0.15) is 18.1 Å². The highest BCUT2D eigenvalue weighted by molar-refractivity contribution is 7.89. The third kappa shape index (κ3) is 5.16. The maximum Gasteiger partial charge on any atom is 0.270 e. The lowest BCUT2D eigenvalue weighted by atomic mass is 10.3. The molecule has 0 amide bonds. The number of nitro groups is 1. The number of benzene rings is 2. The van der Waals surface area contributed by atoms with Crippen LogP contribution in [-0.2, 0) is 10.0 Å². The summed E-state index contributed by atoms with van der Waals surface area (Å²) in [6, 6.07) is 11.2. The molecular formula is C16H18N2O6S. The van der Waals surface area contributed by atoms with Crippen LogP contribution in [-0.4, -0.2) is 33.1 Å². The van der Waals surface area contributed by atoms with Crippen LogP contribution in [0, 0.1) is 10.1 Å². The average Bonchev–Trinajstić information content (AvgIpc) is 2.60. The lowest BCUT2D eigenvalue weighted by molar-refractivity contribution is -0.385. The fraction of sp³-hybridized carbons (Fsp3) is 0.250. The molecule has 2 rings (SSSR count). The van der Waals surface area contributed by atoms with Crippen LogP contribution in [0.5, 0.6) is 11.5 Å². The molecule has 0 aliphatic rings. The first-order valence-corrected chi connectivity index (χ1v) is 8.84. The predicted molar refractivity (Wildman–Crippen MR) is 91.4 cm³/mol. The van der Waals surface area contributed by atoms with E-state index >= 15 is 0 Å². The Morgan fingerprint density at radius 3 is 2.40 bits per heavy atom. The third-order valence-corrected chi connectivity index (χ3v) is 4.84. The highest BCUT2D eigenvalue weighted by atomic mass is 32.2. The van der Waals surface area contributed by atoms with Crippen molar-refractivity contribution in [1.82, 2.24) is 4.72 Å². The van der Waals surface area contributed by atoms with E-state index in [1.54, 1.807) is 38.3 Å². The van der Waals surface area contributed by atoms with E-state index < -0.39 is 21.0 Å². The maximum absolute atomic E-state index is 12.3. The van der Waals surface area contributed by atoms with Gasteiger partial charge in [0, 0.05) is 12.1 Å². The summed E-state index contributed by atoms with van der Waals surface area (Å²) in [5.74, 6) is 1.26. The van der Waals surface area contributed by atoms with Gasteiger partial charge in [0.05, 0.1) is 23.0 Å². The number of sulfonamides is 1. The van der Waals surface area contributed by atoms with Crippen molar-refractivity contribution in [3.63, 3.8) is 0 Å². The van der Waals surface area contributed by atoms with E-state index in [1.165, 1.54) is 18.2 Å². The van der Waals surface area contributed by atoms with Gasteiger partial charge >= 0.3 is 0 Å². The van der Waals surface area contributed by atoms with Crippen LogP contribution in [0.25, 0.3) is 0 Å². The number of nitro benzene ring substituents is 1. The lowest BCUT2D eigenvalue weighted by Gasteiger charge is -2.15. The Hall–Kier alpha value is -2.65. The maximum atomic E-state index is 12.3. The van der Waals surface area contributed by atoms with Crippen LogP contribution in [0.3, 0.4) is 0 Å². The Morgan fingerprint density at radius 1 is 1.16 bits per heavy atom. The summed E-state index contributed by atoms with van der Waals surface area (Å²) in [6.45, 7) is 1.74. The van der Waals surface area contributed by atoms with Gasteiger partial charge in [-0.15, -0.1) is 0 Å². The van der Waals surface area contributed by atoms with Crippen LogP contribution in [0.4, 0.5) is 5.69 Å². The molecule has 0 aromatic heterocycles. The standard InChI is InChI=1S/C16H18N2O6S/c1-12(11-24-15-8-6-14(23-2)7-9-15)17-25(21,22)16-5-3-4-13(10-16)18(19)20/h3-10,12,17H,11H2,1-2H3/t12-/m0/s1. The van der Waals surface area contributed by atoms with Gasteiger partial charge in [0.2, 0.25) is 10.0 Å². The minimum absolute atomic E-state index is 0.0977. The summed E-state index contributed by atoms with van der Waals surface area (Å²) in [5, 5.41) is 10.8. The van der Waals surface area contributed by atoms with Crippen LogP contribution in [0.2, 0.25) is 0 Å². The molecule has 134 valence electrons. The molecule has 0 unspecified atom stereocenters. The van der Waals surface area contributed by atoms with Gasteiger partial charge in [-0.25, -0.2) is 13.1 Å². The van der Waals surface area contributed by atoms with Crippen LogP contribution >= 0.6 is 0 Å². The van der Waals surface area contributed by atoms with Crippen molar-refractivity contribution in [2.24, 2.45) is 0 Å². The van der Waals surface area contributed by atoms with Gasteiger partial charge in [0.25, 0.3) is 5.69 Å². The molecule has 1 atom stereocenters. The number of non-ortho nitro benzene ring substituents is 1. The fourth-order valence-corrected chi connectivity index (χ4v) is 3.29. The molecule has 1 N–H and O–H groups in total. The second kappa shape index (κ2) is 7.95. The fourth-order valence-electron chi connectivity index (χ4n) is 2.02. The number of nitrogens with zero attached hydrogens (tertiary/aromatic N) is 1. The number of hydrogen-bond donors (Lipinski definition) is 1. The summed E-state index contributed by atoms with van der Waals surface area (Å²) >= 11 is 0. The average molecular weight is 366 g/mol. The third-order valence-electron chi connectivity index (χ3n) is 3.25. The molecule has 9 heteroatoms. The largest absolute Gasteiger partial charge is 0.497 e. The predicted octanol–water partition coefficient (Wildman–Crippen LogP) is 2.35.